The number of para-hydroxylation sites is 1. The van der Waals surface area contributed by atoms with Crippen LogP contribution in [0.1, 0.15) is 46.5 Å². The van der Waals surface area contributed by atoms with Gasteiger partial charge in [-0.3, -0.25) is 9.69 Å². The summed E-state index contributed by atoms with van der Waals surface area (Å²) in [6.45, 7) is 5.80. The fourth-order valence-corrected chi connectivity index (χ4v) is 3.36. The van der Waals surface area contributed by atoms with Crippen molar-refractivity contribution < 1.29 is 14.3 Å². The van der Waals surface area contributed by atoms with Gasteiger partial charge in [0.2, 0.25) is 12.1 Å². The zero-order valence-corrected chi connectivity index (χ0v) is 15.1. The Labute approximate surface area is 144 Å². The van der Waals surface area contributed by atoms with Crippen molar-refractivity contribution in [3.8, 4) is 0 Å². The maximum atomic E-state index is 12.6. The number of unbranched alkanes of at least 4 members (excludes halogenated alkanes) is 1. The smallest absolute Gasteiger partial charge is 0.416 e. The third-order valence-corrected chi connectivity index (χ3v) is 4.86. The molecule has 5 nitrogen and oxygen atoms in total. The van der Waals surface area contributed by atoms with Gasteiger partial charge in [0.25, 0.3) is 0 Å². The van der Waals surface area contributed by atoms with Gasteiger partial charge in [-0.1, -0.05) is 51.3 Å². The quantitative estimate of drug-likeness (QED) is 0.757. The molecule has 1 aliphatic heterocycles. The zero-order valence-electron chi connectivity index (χ0n) is 15.1. The lowest BCUT2D eigenvalue weighted by Crippen LogP contribution is -2.50. The molecule has 0 N–H and O–H groups in total. The van der Waals surface area contributed by atoms with Crippen LogP contribution in [0.2, 0.25) is 0 Å². The highest BCUT2D eigenvalue weighted by Crippen LogP contribution is 2.35. The third kappa shape index (κ3) is 3.71. The zero-order chi connectivity index (χ0) is 17.7. The summed E-state index contributed by atoms with van der Waals surface area (Å²) in [4.78, 5) is 27.7. The number of carbonyl (C=O) groups is 2. The number of nitrogens with zero attached hydrogens (tertiary/aromatic N) is 2. The number of rotatable bonds is 7. The van der Waals surface area contributed by atoms with Crippen LogP contribution in [0, 0.1) is 5.92 Å². The molecule has 5 heteroatoms. The Hall–Kier alpha value is -2.04. The van der Waals surface area contributed by atoms with Crippen molar-refractivity contribution >= 4 is 17.7 Å². The van der Waals surface area contributed by atoms with Crippen LogP contribution in [0.25, 0.3) is 0 Å². The van der Waals surface area contributed by atoms with Gasteiger partial charge < -0.3 is 9.64 Å². The van der Waals surface area contributed by atoms with Gasteiger partial charge in [0.15, 0.2) is 0 Å². The number of cyclic esters (lactones) is 1. The first-order chi connectivity index (χ1) is 11.5. The molecule has 0 saturated carbocycles. The van der Waals surface area contributed by atoms with E-state index in [1.165, 1.54) is 6.92 Å². The van der Waals surface area contributed by atoms with E-state index in [1.54, 1.807) is 16.8 Å². The van der Waals surface area contributed by atoms with Crippen molar-refractivity contribution in [3.63, 3.8) is 0 Å². The molecule has 3 atom stereocenters. The topological polar surface area (TPSA) is 49.9 Å². The molecule has 1 aliphatic rings. The van der Waals surface area contributed by atoms with Crippen LogP contribution < -0.4 is 4.90 Å². The molecule has 2 rings (SSSR count). The van der Waals surface area contributed by atoms with E-state index in [0.717, 1.165) is 31.4 Å². The average molecular weight is 332 g/mol. The summed E-state index contributed by atoms with van der Waals surface area (Å²) in [6.07, 6.45) is 3.24. The molecule has 132 valence electrons. The largest absolute Gasteiger partial charge is 0.423 e. The fourth-order valence-electron chi connectivity index (χ4n) is 3.36. The van der Waals surface area contributed by atoms with Crippen LogP contribution in [-0.2, 0) is 9.53 Å². The Kier molecular flexibility index (Phi) is 6.23. The predicted octanol–water partition coefficient (Wildman–Crippen LogP) is 4.03. The van der Waals surface area contributed by atoms with E-state index in [2.05, 4.69) is 13.8 Å². The molecule has 1 fully saturated rings. The van der Waals surface area contributed by atoms with Crippen molar-refractivity contribution in [2.75, 3.05) is 11.9 Å². The highest BCUT2D eigenvalue weighted by Gasteiger charge is 2.48. The molecule has 2 amide bonds. The molecular formula is C19H28N2O3. The van der Waals surface area contributed by atoms with Crippen molar-refractivity contribution in [2.45, 2.75) is 58.7 Å². The Morgan fingerprint density at radius 2 is 1.96 bits per heavy atom. The number of carbonyl (C=O) groups excluding carboxylic acids is 2. The maximum Gasteiger partial charge on any atom is 0.416 e. The van der Waals surface area contributed by atoms with E-state index in [1.807, 2.05) is 30.3 Å². The van der Waals surface area contributed by atoms with E-state index in [4.69, 9.17) is 4.74 Å². The van der Waals surface area contributed by atoms with E-state index in [-0.39, 0.29) is 24.0 Å². The monoisotopic (exact) mass is 332 g/mol. The van der Waals surface area contributed by atoms with Crippen LogP contribution in [-0.4, -0.2) is 36.2 Å². The summed E-state index contributed by atoms with van der Waals surface area (Å²) in [6, 6.07) is 9.41. The number of hydrogen-bond donors (Lipinski definition) is 0. The number of hydrogen-bond acceptors (Lipinski definition) is 3. The van der Waals surface area contributed by atoms with E-state index in [0.29, 0.717) is 0 Å². The Morgan fingerprint density at radius 1 is 1.29 bits per heavy atom. The Bertz CT molecular complexity index is 561. The van der Waals surface area contributed by atoms with Gasteiger partial charge in [-0.05, 0) is 24.5 Å². The van der Waals surface area contributed by atoms with Gasteiger partial charge in [-0.2, -0.15) is 0 Å². The molecule has 1 saturated heterocycles. The molecule has 1 aromatic carbocycles. The van der Waals surface area contributed by atoms with Gasteiger partial charge in [0.1, 0.15) is 0 Å². The maximum absolute atomic E-state index is 12.6. The average Bonchev–Trinajstić information content (AvgIpc) is 2.92. The third-order valence-electron chi connectivity index (χ3n) is 4.86. The summed E-state index contributed by atoms with van der Waals surface area (Å²) in [5, 5.41) is 0. The van der Waals surface area contributed by atoms with E-state index < -0.39 is 6.23 Å². The SMILES string of the molecule is CCCCC(CC)C1C(N(C)C(C)=O)OC(=O)N1c1ccccc1. The summed E-state index contributed by atoms with van der Waals surface area (Å²) < 4.78 is 5.62. The highest BCUT2D eigenvalue weighted by atomic mass is 16.6. The summed E-state index contributed by atoms with van der Waals surface area (Å²) in [5.74, 6) is 0.182. The van der Waals surface area contributed by atoms with Gasteiger partial charge in [-0.25, -0.2) is 4.79 Å². The van der Waals surface area contributed by atoms with Crippen LogP contribution in [0.15, 0.2) is 30.3 Å². The van der Waals surface area contributed by atoms with E-state index >= 15 is 0 Å². The van der Waals surface area contributed by atoms with Crippen molar-refractivity contribution in [1.29, 1.82) is 0 Å². The van der Waals surface area contributed by atoms with Crippen LogP contribution in [0.3, 0.4) is 0 Å². The number of benzene rings is 1. The molecule has 0 radical (unpaired) electrons. The van der Waals surface area contributed by atoms with Gasteiger partial charge in [-0.15, -0.1) is 0 Å². The second-order valence-electron chi connectivity index (χ2n) is 6.41. The predicted molar refractivity (Wildman–Crippen MR) is 94.7 cm³/mol. The van der Waals surface area contributed by atoms with Crippen molar-refractivity contribution in [3.05, 3.63) is 30.3 Å². The van der Waals surface area contributed by atoms with Crippen LogP contribution >= 0.6 is 0 Å². The normalized spacial score (nSPS) is 21.5. The minimum absolute atomic E-state index is 0.0990. The lowest BCUT2D eigenvalue weighted by molar-refractivity contribution is -0.136. The van der Waals surface area contributed by atoms with Crippen molar-refractivity contribution in [1.82, 2.24) is 4.90 Å². The Morgan fingerprint density at radius 3 is 2.50 bits per heavy atom. The number of anilines is 1. The summed E-state index contributed by atoms with van der Waals surface area (Å²) in [7, 11) is 1.70. The summed E-state index contributed by atoms with van der Waals surface area (Å²) >= 11 is 0. The number of amides is 2. The fraction of sp³-hybridized carbons (Fsp3) is 0.579. The molecule has 24 heavy (non-hydrogen) atoms. The molecule has 0 bridgehead atoms. The number of ether oxygens (including phenoxy) is 1. The summed E-state index contributed by atoms with van der Waals surface area (Å²) in [5.41, 5.74) is 0.821. The van der Waals surface area contributed by atoms with Gasteiger partial charge >= 0.3 is 6.09 Å². The van der Waals surface area contributed by atoms with Gasteiger partial charge in [0, 0.05) is 19.7 Å². The minimum atomic E-state index is -0.544. The second-order valence-corrected chi connectivity index (χ2v) is 6.41. The second kappa shape index (κ2) is 8.18. The first-order valence-corrected chi connectivity index (χ1v) is 8.79. The minimum Gasteiger partial charge on any atom is -0.423 e. The highest BCUT2D eigenvalue weighted by molar-refractivity contribution is 5.91. The Balaban J connectivity index is 2.39. The molecule has 1 aromatic rings. The molecule has 3 unspecified atom stereocenters. The van der Waals surface area contributed by atoms with Crippen molar-refractivity contribution in [2.24, 2.45) is 5.92 Å². The van der Waals surface area contributed by atoms with E-state index in [9.17, 15) is 9.59 Å². The van der Waals surface area contributed by atoms with Crippen LogP contribution in [0.5, 0.6) is 0 Å². The molecular weight excluding hydrogens is 304 g/mol. The number of likely N-dealkylation sites (N-methyl/N-ethyl adjacent to an activating group) is 1. The lowest BCUT2D eigenvalue weighted by Gasteiger charge is -2.34. The molecule has 1 heterocycles. The lowest BCUT2D eigenvalue weighted by atomic mass is 9.89. The molecule has 0 aliphatic carbocycles. The molecule has 0 spiro atoms. The molecule has 0 aromatic heterocycles. The first-order valence-electron chi connectivity index (χ1n) is 8.79. The standard InChI is InChI=1S/C19H28N2O3/c1-5-7-11-15(6-2)17-18(20(4)14(3)22)24-19(23)21(17)16-12-9-8-10-13-16/h8-10,12-13,15,17-18H,5-7,11H2,1-4H3. The van der Waals surface area contributed by atoms with Crippen LogP contribution in [0.4, 0.5) is 10.5 Å². The first kappa shape index (κ1) is 18.3. The van der Waals surface area contributed by atoms with Gasteiger partial charge in [0.05, 0.1) is 6.04 Å².